The molecule has 24 heavy (non-hydrogen) atoms. The van der Waals surface area contributed by atoms with Crippen LogP contribution in [0.4, 0.5) is 0 Å². The number of aromatic carboxylic acids is 1. The Labute approximate surface area is 157 Å². The maximum Gasteiger partial charge on any atom is 0.338 e. The molecule has 4 nitrogen and oxygen atoms in total. The summed E-state index contributed by atoms with van der Waals surface area (Å²) in [5.74, 6) is -1.19. The molecule has 0 radical (unpaired) electrons. The number of quaternary nitrogens is 1. The van der Waals surface area contributed by atoms with Crippen LogP contribution in [-0.4, -0.2) is 42.2 Å². The highest BCUT2D eigenvalue weighted by Crippen LogP contribution is 2.31. The largest absolute Gasteiger partial charge is 0.870 e. The topological polar surface area (TPSA) is 67.3 Å². The fourth-order valence-electron chi connectivity index (χ4n) is 1.85. The molecule has 2 rings (SSSR count). The quantitative estimate of drug-likeness (QED) is 0.586. The van der Waals surface area contributed by atoms with Crippen LogP contribution in [0.25, 0.3) is 0 Å². The lowest BCUT2D eigenvalue weighted by Crippen LogP contribution is -2.33. The van der Waals surface area contributed by atoms with Crippen LogP contribution >= 0.6 is 34.8 Å². The van der Waals surface area contributed by atoms with Crippen molar-refractivity contribution in [3.8, 4) is 0 Å². The monoisotopic (exact) mass is 391 g/mol. The number of benzene rings is 2. The van der Waals surface area contributed by atoms with Gasteiger partial charge in [-0.05, 0) is 12.1 Å². The molecule has 0 unspecified atom stereocenters. The number of hydrogen-bond acceptors (Lipinski definition) is 2. The molecule has 0 aliphatic rings. The zero-order valence-corrected chi connectivity index (χ0v) is 15.9. The molecule has 0 aliphatic carbocycles. The lowest BCUT2D eigenvalue weighted by Gasteiger charge is -2.23. The molecule has 0 bridgehead atoms. The Morgan fingerprint density at radius 3 is 1.88 bits per heavy atom. The summed E-state index contributed by atoms with van der Waals surface area (Å²) in [5, 5.41) is 8.87. The Morgan fingerprint density at radius 1 is 0.958 bits per heavy atom. The van der Waals surface area contributed by atoms with Gasteiger partial charge in [0.2, 0.25) is 0 Å². The van der Waals surface area contributed by atoms with Crippen LogP contribution in [0, 0.1) is 0 Å². The van der Waals surface area contributed by atoms with Gasteiger partial charge in [0.1, 0.15) is 6.54 Å². The second-order valence-corrected chi connectivity index (χ2v) is 7.15. The van der Waals surface area contributed by atoms with Crippen LogP contribution < -0.4 is 0 Å². The maximum absolute atomic E-state index is 10.6. The van der Waals surface area contributed by atoms with Gasteiger partial charge < -0.3 is 15.1 Å². The Bertz CT molecular complexity index is 671. The van der Waals surface area contributed by atoms with E-state index in [4.69, 9.17) is 39.9 Å². The second-order valence-electron chi connectivity index (χ2n) is 5.96. The van der Waals surface area contributed by atoms with E-state index in [0.717, 1.165) is 11.0 Å². The standard InChI is InChI=1S/C10H16N.C7H3Cl3O2.H2O/c1-11(2,3)9-10-7-5-4-6-8-10;8-3-1-2-4(9)6(10)5(3)7(11)12;/h4-8H,9H2,1-3H3;1-2H,(H,11,12);1H2/q+1;;/p-1. The van der Waals surface area contributed by atoms with E-state index in [1.165, 1.54) is 17.7 Å². The first-order valence-corrected chi connectivity index (χ1v) is 7.96. The Balaban J connectivity index is 0.000000425. The van der Waals surface area contributed by atoms with E-state index < -0.39 is 5.97 Å². The molecule has 2 aromatic rings. The van der Waals surface area contributed by atoms with Gasteiger partial charge in [-0.3, -0.25) is 0 Å². The predicted molar refractivity (Wildman–Crippen MR) is 98.5 cm³/mol. The SMILES string of the molecule is C[N+](C)(C)Cc1ccccc1.O=C(O)c1c(Cl)ccc(Cl)c1Cl.[OH-]. The molecule has 0 fully saturated rings. The van der Waals surface area contributed by atoms with Gasteiger partial charge >= 0.3 is 5.97 Å². The van der Waals surface area contributed by atoms with E-state index in [2.05, 4.69) is 51.5 Å². The molecule has 132 valence electrons. The fraction of sp³-hybridized carbons (Fsp3) is 0.235. The summed E-state index contributed by atoms with van der Waals surface area (Å²) in [6.07, 6.45) is 0. The van der Waals surface area contributed by atoms with Crippen molar-refractivity contribution in [1.82, 2.24) is 0 Å². The van der Waals surface area contributed by atoms with Crippen molar-refractivity contribution < 1.29 is 19.9 Å². The van der Waals surface area contributed by atoms with Crippen molar-refractivity contribution in [2.24, 2.45) is 0 Å². The highest BCUT2D eigenvalue weighted by atomic mass is 35.5. The van der Waals surface area contributed by atoms with E-state index in [9.17, 15) is 4.79 Å². The van der Waals surface area contributed by atoms with Crippen LogP contribution in [-0.2, 0) is 6.54 Å². The van der Waals surface area contributed by atoms with Gasteiger partial charge in [-0.2, -0.15) is 0 Å². The first-order valence-electron chi connectivity index (χ1n) is 6.83. The number of hydrogen-bond donors (Lipinski definition) is 1. The van der Waals surface area contributed by atoms with Crippen molar-refractivity contribution in [3.05, 3.63) is 68.7 Å². The predicted octanol–water partition coefficient (Wildman–Crippen LogP) is 5.06. The molecule has 7 heteroatoms. The van der Waals surface area contributed by atoms with Gasteiger partial charge in [0, 0.05) is 5.56 Å². The molecule has 2 N–H and O–H groups in total. The van der Waals surface area contributed by atoms with Crippen molar-refractivity contribution in [2.45, 2.75) is 6.54 Å². The lowest BCUT2D eigenvalue weighted by molar-refractivity contribution is -0.884. The summed E-state index contributed by atoms with van der Waals surface area (Å²) < 4.78 is 0.990. The molecule has 0 spiro atoms. The molecule has 0 amide bonds. The fourth-order valence-corrected chi connectivity index (χ4v) is 2.54. The first kappa shape index (κ1) is 22.7. The Morgan fingerprint density at radius 2 is 1.46 bits per heavy atom. The van der Waals surface area contributed by atoms with Gasteiger partial charge in [0.15, 0.2) is 0 Å². The average Bonchev–Trinajstić information content (AvgIpc) is 2.43. The van der Waals surface area contributed by atoms with Crippen LogP contribution in [0.3, 0.4) is 0 Å². The average molecular weight is 393 g/mol. The maximum atomic E-state index is 10.6. The summed E-state index contributed by atoms with van der Waals surface area (Å²) >= 11 is 16.7. The van der Waals surface area contributed by atoms with Gasteiger partial charge in [-0.15, -0.1) is 0 Å². The Kier molecular flexibility index (Phi) is 9.33. The summed E-state index contributed by atoms with van der Waals surface area (Å²) in [6, 6.07) is 13.4. The van der Waals surface area contributed by atoms with Gasteiger partial charge in [0.25, 0.3) is 0 Å². The molecule has 0 atom stereocenters. The van der Waals surface area contributed by atoms with E-state index in [0.29, 0.717) is 0 Å². The van der Waals surface area contributed by atoms with Crippen LogP contribution in [0.5, 0.6) is 0 Å². The third-order valence-corrected chi connectivity index (χ3v) is 3.88. The number of carboxylic acids is 1. The van der Waals surface area contributed by atoms with E-state index in [1.54, 1.807) is 0 Å². The number of rotatable bonds is 3. The smallest absolute Gasteiger partial charge is 0.338 e. The van der Waals surface area contributed by atoms with E-state index in [1.807, 2.05) is 0 Å². The minimum atomic E-state index is -1.19. The molecule has 0 saturated heterocycles. The molecule has 0 saturated carbocycles. The lowest BCUT2D eigenvalue weighted by atomic mass is 10.2. The number of nitrogens with zero attached hydrogens (tertiary/aromatic N) is 1. The number of carbonyl (C=O) groups is 1. The van der Waals surface area contributed by atoms with Crippen molar-refractivity contribution >= 4 is 40.8 Å². The minimum absolute atomic E-state index is 0. The third-order valence-electron chi connectivity index (χ3n) is 2.76. The normalized spacial score (nSPS) is 10.2. The van der Waals surface area contributed by atoms with E-state index in [-0.39, 0.29) is 26.1 Å². The summed E-state index contributed by atoms with van der Waals surface area (Å²) in [7, 11) is 6.60. The van der Waals surface area contributed by atoms with Gasteiger partial charge in [-0.25, -0.2) is 4.79 Å². The summed E-state index contributed by atoms with van der Waals surface area (Å²) in [6.45, 7) is 1.10. The highest BCUT2D eigenvalue weighted by molar-refractivity contribution is 6.45. The van der Waals surface area contributed by atoms with E-state index >= 15 is 0 Å². The molecule has 0 heterocycles. The zero-order chi connectivity index (χ0) is 17.6. The van der Waals surface area contributed by atoms with Gasteiger partial charge in [0.05, 0.1) is 41.8 Å². The number of halogens is 3. The highest BCUT2D eigenvalue weighted by Gasteiger charge is 2.15. The van der Waals surface area contributed by atoms with Gasteiger partial charge in [-0.1, -0.05) is 65.1 Å². The van der Waals surface area contributed by atoms with Crippen molar-refractivity contribution in [3.63, 3.8) is 0 Å². The first-order chi connectivity index (χ1) is 10.6. The number of carboxylic acid groups (broad SMARTS) is 1. The zero-order valence-electron chi connectivity index (χ0n) is 13.6. The molecule has 0 aromatic heterocycles. The molecule has 2 aromatic carbocycles. The van der Waals surface area contributed by atoms with Crippen LogP contribution in [0.1, 0.15) is 15.9 Å². The van der Waals surface area contributed by atoms with Crippen LogP contribution in [0.2, 0.25) is 15.1 Å². The Hall–Kier alpha value is -1.30. The molecule has 0 aliphatic heterocycles. The third kappa shape index (κ3) is 7.51. The second kappa shape index (κ2) is 9.87. The van der Waals surface area contributed by atoms with Crippen molar-refractivity contribution in [1.29, 1.82) is 0 Å². The molecular weight excluding hydrogens is 373 g/mol. The summed E-state index contributed by atoms with van der Waals surface area (Å²) in [5.41, 5.74) is 1.24. The van der Waals surface area contributed by atoms with Crippen molar-refractivity contribution in [2.75, 3.05) is 21.1 Å². The minimum Gasteiger partial charge on any atom is -0.870 e. The summed E-state index contributed by atoms with van der Waals surface area (Å²) in [4.78, 5) is 10.6. The van der Waals surface area contributed by atoms with Crippen LogP contribution in [0.15, 0.2) is 42.5 Å². The molecular formula is C17H20Cl3NO3.